The zero-order valence-corrected chi connectivity index (χ0v) is 14.2. The number of fused-ring (bicyclic) bond motifs is 2. The van der Waals surface area contributed by atoms with Crippen LogP contribution in [0.15, 0.2) is 18.2 Å². The summed E-state index contributed by atoms with van der Waals surface area (Å²) < 4.78 is 11.9. The Kier molecular flexibility index (Phi) is 4.25. The summed E-state index contributed by atoms with van der Waals surface area (Å²) >= 11 is 0. The van der Waals surface area contributed by atoms with Crippen molar-refractivity contribution in [1.29, 1.82) is 0 Å². The summed E-state index contributed by atoms with van der Waals surface area (Å²) in [5, 5.41) is 5.72. The molecule has 2 saturated carbocycles. The first-order valence-corrected chi connectivity index (χ1v) is 9.09. The van der Waals surface area contributed by atoms with Crippen LogP contribution in [0.1, 0.15) is 43.6 Å². The lowest BCUT2D eigenvalue weighted by Gasteiger charge is -2.26. The standard InChI is InChI=1S/C19H26N2O3/c1-23-16-6-5-13(15-10-20-19(22)21-11-15)9-18(16)24-17-8-12-3-2-4-14(17)7-12/h5-6,9,12,14-15,17H,2-4,7-8,10-11H2,1H3,(H2,20,21,22). The molecule has 4 rings (SSSR count). The van der Waals surface area contributed by atoms with E-state index in [0.717, 1.165) is 17.4 Å². The summed E-state index contributed by atoms with van der Waals surface area (Å²) in [4.78, 5) is 11.3. The Labute approximate surface area is 143 Å². The van der Waals surface area contributed by atoms with Gasteiger partial charge in [-0.25, -0.2) is 4.79 Å². The van der Waals surface area contributed by atoms with E-state index in [1.54, 1.807) is 7.11 Å². The third kappa shape index (κ3) is 3.04. The van der Waals surface area contributed by atoms with E-state index < -0.39 is 0 Å². The molecule has 3 fully saturated rings. The Bertz CT molecular complexity index is 609. The van der Waals surface area contributed by atoms with Crippen molar-refractivity contribution in [2.75, 3.05) is 20.2 Å². The highest BCUT2D eigenvalue weighted by atomic mass is 16.5. The molecule has 0 aromatic heterocycles. The minimum absolute atomic E-state index is 0.0885. The number of amides is 2. The number of methoxy groups -OCH3 is 1. The lowest BCUT2D eigenvalue weighted by atomic mass is 9.89. The molecule has 5 heteroatoms. The van der Waals surface area contributed by atoms with Gasteiger partial charge in [0.25, 0.3) is 0 Å². The van der Waals surface area contributed by atoms with Crippen molar-refractivity contribution in [3.05, 3.63) is 23.8 Å². The van der Waals surface area contributed by atoms with Gasteiger partial charge in [-0.3, -0.25) is 0 Å². The van der Waals surface area contributed by atoms with E-state index >= 15 is 0 Å². The normalized spacial score (nSPS) is 29.7. The molecule has 2 aliphatic carbocycles. The molecule has 1 aromatic rings. The molecule has 1 saturated heterocycles. The Hall–Kier alpha value is -1.91. The van der Waals surface area contributed by atoms with Crippen molar-refractivity contribution < 1.29 is 14.3 Å². The summed E-state index contributed by atoms with van der Waals surface area (Å²) in [6.45, 7) is 1.32. The molecule has 2 bridgehead atoms. The van der Waals surface area contributed by atoms with Gasteiger partial charge < -0.3 is 20.1 Å². The average Bonchev–Trinajstić information content (AvgIpc) is 2.88. The molecule has 0 radical (unpaired) electrons. The second-order valence-corrected chi connectivity index (χ2v) is 7.38. The lowest BCUT2D eigenvalue weighted by molar-refractivity contribution is 0.149. The van der Waals surface area contributed by atoms with Gasteiger partial charge in [-0.2, -0.15) is 0 Å². The molecule has 0 spiro atoms. The average molecular weight is 330 g/mol. The van der Waals surface area contributed by atoms with Crippen molar-refractivity contribution in [2.45, 2.75) is 44.1 Å². The van der Waals surface area contributed by atoms with Crippen LogP contribution in [0.25, 0.3) is 0 Å². The van der Waals surface area contributed by atoms with E-state index in [2.05, 4.69) is 22.8 Å². The number of rotatable bonds is 4. The highest BCUT2D eigenvalue weighted by Crippen LogP contribution is 2.45. The number of hydrogen-bond donors (Lipinski definition) is 2. The molecule has 1 aromatic carbocycles. The summed E-state index contributed by atoms with van der Waals surface area (Å²) in [6, 6.07) is 6.07. The molecule has 5 nitrogen and oxygen atoms in total. The van der Waals surface area contributed by atoms with E-state index in [1.165, 1.54) is 37.7 Å². The van der Waals surface area contributed by atoms with Crippen LogP contribution in [0, 0.1) is 11.8 Å². The maximum Gasteiger partial charge on any atom is 0.314 e. The van der Waals surface area contributed by atoms with Crippen molar-refractivity contribution >= 4 is 6.03 Å². The van der Waals surface area contributed by atoms with Gasteiger partial charge in [0.05, 0.1) is 7.11 Å². The van der Waals surface area contributed by atoms with Crippen molar-refractivity contribution in [1.82, 2.24) is 10.6 Å². The quantitative estimate of drug-likeness (QED) is 0.892. The maximum absolute atomic E-state index is 11.3. The second-order valence-electron chi connectivity index (χ2n) is 7.38. The molecule has 2 amide bonds. The fraction of sp³-hybridized carbons (Fsp3) is 0.632. The van der Waals surface area contributed by atoms with Crippen LogP contribution in [-0.4, -0.2) is 32.3 Å². The van der Waals surface area contributed by atoms with Crippen molar-refractivity contribution in [3.8, 4) is 11.5 Å². The SMILES string of the molecule is COc1ccc(C2CNC(=O)NC2)cc1OC1CC2CCCC1C2. The van der Waals surface area contributed by atoms with Crippen LogP contribution >= 0.6 is 0 Å². The topological polar surface area (TPSA) is 59.6 Å². The molecule has 130 valence electrons. The van der Waals surface area contributed by atoms with E-state index in [4.69, 9.17) is 9.47 Å². The zero-order valence-electron chi connectivity index (χ0n) is 14.2. The first-order chi connectivity index (χ1) is 11.7. The third-order valence-electron chi connectivity index (χ3n) is 5.87. The monoisotopic (exact) mass is 330 g/mol. The molecule has 3 atom stereocenters. The second kappa shape index (κ2) is 6.54. The maximum atomic E-state index is 11.3. The molecular weight excluding hydrogens is 304 g/mol. The Morgan fingerprint density at radius 2 is 1.92 bits per heavy atom. The predicted octanol–water partition coefficient (Wildman–Crippen LogP) is 3.05. The number of carbonyl (C=O) groups is 1. The van der Waals surface area contributed by atoms with Gasteiger partial charge >= 0.3 is 6.03 Å². The number of urea groups is 1. The van der Waals surface area contributed by atoms with Crippen LogP contribution < -0.4 is 20.1 Å². The smallest absolute Gasteiger partial charge is 0.314 e. The van der Waals surface area contributed by atoms with E-state index in [0.29, 0.717) is 25.1 Å². The number of benzene rings is 1. The molecule has 24 heavy (non-hydrogen) atoms. The van der Waals surface area contributed by atoms with Gasteiger partial charge in [-0.1, -0.05) is 18.9 Å². The van der Waals surface area contributed by atoms with Gasteiger partial charge in [-0.05, 0) is 48.8 Å². The summed E-state index contributed by atoms with van der Waals surface area (Å²) in [5.74, 6) is 3.46. The minimum atomic E-state index is -0.0885. The third-order valence-corrected chi connectivity index (χ3v) is 5.87. The molecule has 2 N–H and O–H groups in total. The number of nitrogens with one attached hydrogen (secondary N) is 2. The van der Waals surface area contributed by atoms with Gasteiger partial charge in [0.2, 0.25) is 0 Å². The lowest BCUT2D eigenvalue weighted by Crippen LogP contribution is -2.47. The van der Waals surface area contributed by atoms with Gasteiger partial charge in [-0.15, -0.1) is 0 Å². The van der Waals surface area contributed by atoms with Crippen LogP contribution in [0.2, 0.25) is 0 Å². The predicted molar refractivity (Wildman–Crippen MR) is 91.6 cm³/mol. The fourth-order valence-corrected chi connectivity index (χ4v) is 4.55. The number of ether oxygens (including phenoxy) is 2. The van der Waals surface area contributed by atoms with E-state index in [1.807, 2.05) is 6.07 Å². The summed E-state index contributed by atoms with van der Waals surface area (Å²) in [5.41, 5.74) is 1.18. The van der Waals surface area contributed by atoms with Gasteiger partial charge in [0.1, 0.15) is 6.10 Å². The summed E-state index contributed by atoms with van der Waals surface area (Å²) in [7, 11) is 1.69. The molecule has 3 unspecified atom stereocenters. The van der Waals surface area contributed by atoms with Crippen molar-refractivity contribution in [2.24, 2.45) is 11.8 Å². The fourth-order valence-electron chi connectivity index (χ4n) is 4.55. The van der Waals surface area contributed by atoms with Crippen molar-refractivity contribution in [3.63, 3.8) is 0 Å². The first-order valence-electron chi connectivity index (χ1n) is 9.09. The Balaban J connectivity index is 1.52. The Morgan fingerprint density at radius 3 is 2.67 bits per heavy atom. The zero-order chi connectivity index (χ0) is 16.5. The summed E-state index contributed by atoms with van der Waals surface area (Å²) in [6.07, 6.45) is 6.83. The number of hydrogen-bond acceptors (Lipinski definition) is 3. The highest BCUT2D eigenvalue weighted by Gasteiger charge is 2.38. The van der Waals surface area contributed by atoms with Gasteiger partial charge in [0.15, 0.2) is 11.5 Å². The van der Waals surface area contributed by atoms with Crippen LogP contribution in [-0.2, 0) is 0 Å². The molecule has 1 aliphatic heterocycles. The largest absolute Gasteiger partial charge is 0.493 e. The first kappa shape index (κ1) is 15.6. The van der Waals surface area contributed by atoms with E-state index in [9.17, 15) is 4.79 Å². The molecule has 3 aliphatic rings. The highest BCUT2D eigenvalue weighted by molar-refractivity contribution is 5.75. The minimum Gasteiger partial charge on any atom is -0.493 e. The number of carbonyl (C=O) groups excluding carboxylic acids is 1. The molecular formula is C19H26N2O3. The van der Waals surface area contributed by atoms with Gasteiger partial charge in [0, 0.05) is 19.0 Å². The Morgan fingerprint density at radius 1 is 1.08 bits per heavy atom. The van der Waals surface area contributed by atoms with Crippen LogP contribution in [0.4, 0.5) is 4.79 Å². The van der Waals surface area contributed by atoms with Crippen LogP contribution in [0.5, 0.6) is 11.5 Å². The van der Waals surface area contributed by atoms with Crippen LogP contribution in [0.3, 0.4) is 0 Å². The van der Waals surface area contributed by atoms with E-state index in [-0.39, 0.29) is 11.9 Å². The molecule has 1 heterocycles.